The zero-order valence-electron chi connectivity index (χ0n) is 16.6. The van der Waals surface area contributed by atoms with E-state index in [-0.39, 0.29) is 5.57 Å². The number of halogens is 2. The van der Waals surface area contributed by atoms with Crippen molar-refractivity contribution in [1.29, 1.82) is 5.26 Å². The average Bonchev–Trinajstić information content (AvgIpc) is 2.77. The van der Waals surface area contributed by atoms with E-state index in [1.165, 1.54) is 13.2 Å². The first-order valence-electron chi connectivity index (χ1n) is 9.23. The van der Waals surface area contributed by atoms with Crippen LogP contribution < -0.4 is 14.8 Å². The minimum absolute atomic E-state index is 0.0731. The highest BCUT2D eigenvalue weighted by Gasteiger charge is 2.14. The Morgan fingerprint density at radius 3 is 2.61 bits per heavy atom. The third-order valence-electron chi connectivity index (χ3n) is 4.24. The first kappa shape index (κ1) is 22.4. The van der Waals surface area contributed by atoms with Crippen molar-refractivity contribution in [3.63, 3.8) is 0 Å². The molecule has 5 nitrogen and oxygen atoms in total. The van der Waals surface area contributed by atoms with Crippen LogP contribution in [-0.2, 0) is 11.4 Å². The number of hydrogen-bond acceptors (Lipinski definition) is 4. The van der Waals surface area contributed by atoms with E-state index >= 15 is 0 Å². The van der Waals surface area contributed by atoms with Gasteiger partial charge < -0.3 is 14.8 Å². The van der Waals surface area contributed by atoms with Gasteiger partial charge in [-0.15, -0.1) is 0 Å². The van der Waals surface area contributed by atoms with E-state index in [9.17, 15) is 10.1 Å². The second-order valence-corrected chi connectivity index (χ2v) is 7.77. The number of carbonyl (C=O) groups is 1. The highest BCUT2D eigenvalue weighted by Crippen LogP contribution is 2.37. The van der Waals surface area contributed by atoms with Crippen molar-refractivity contribution in [3.8, 4) is 17.6 Å². The summed E-state index contributed by atoms with van der Waals surface area (Å²) in [7, 11) is 1.50. The Kier molecular flexibility index (Phi) is 7.71. The fraction of sp³-hybridized carbons (Fsp3) is 0.0833. The molecule has 0 saturated carbocycles. The maximum Gasteiger partial charge on any atom is 0.266 e. The molecule has 0 fully saturated rings. The van der Waals surface area contributed by atoms with Crippen LogP contribution in [0.4, 0.5) is 5.69 Å². The highest BCUT2D eigenvalue weighted by molar-refractivity contribution is 9.10. The van der Waals surface area contributed by atoms with Crippen LogP contribution in [0, 0.1) is 11.3 Å². The second-order valence-electron chi connectivity index (χ2n) is 6.44. The average molecular weight is 498 g/mol. The van der Waals surface area contributed by atoms with Crippen molar-refractivity contribution >= 4 is 45.2 Å². The molecule has 156 valence electrons. The minimum atomic E-state index is -0.528. The van der Waals surface area contributed by atoms with Gasteiger partial charge in [0.1, 0.15) is 18.2 Å². The molecule has 31 heavy (non-hydrogen) atoms. The molecule has 1 amide bonds. The number of amides is 1. The predicted octanol–water partition coefficient (Wildman–Crippen LogP) is 6.24. The van der Waals surface area contributed by atoms with Crippen LogP contribution in [0.5, 0.6) is 11.5 Å². The largest absolute Gasteiger partial charge is 0.493 e. The van der Waals surface area contributed by atoms with Crippen LogP contribution in [0.1, 0.15) is 11.1 Å². The van der Waals surface area contributed by atoms with Crippen molar-refractivity contribution in [2.75, 3.05) is 12.4 Å². The molecule has 0 spiro atoms. The van der Waals surface area contributed by atoms with Gasteiger partial charge in [0, 0.05) is 10.2 Å². The molecule has 0 aliphatic carbocycles. The topological polar surface area (TPSA) is 71.3 Å². The molecule has 0 aliphatic heterocycles. The van der Waals surface area contributed by atoms with Gasteiger partial charge in [-0.05, 0) is 47.5 Å². The smallest absolute Gasteiger partial charge is 0.266 e. The van der Waals surface area contributed by atoms with Crippen molar-refractivity contribution in [2.24, 2.45) is 0 Å². The monoisotopic (exact) mass is 496 g/mol. The number of ether oxygens (including phenoxy) is 2. The van der Waals surface area contributed by atoms with Crippen LogP contribution in [0.15, 0.2) is 76.8 Å². The van der Waals surface area contributed by atoms with E-state index in [1.807, 2.05) is 42.5 Å². The quantitative estimate of drug-likeness (QED) is 0.310. The third-order valence-corrected chi connectivity index (χ3v) is 5.01. The van der Waals surface area contributed by atoms with Crippen molar-refractivity contribution in [3.05, 3.63) is 92.9 Å². The number of benzene rings is 3. The lowest BCUT2D eigenvalue weighted by Crippen LogP contribution is -2.13. The summed E-state index contributed by atoms with van der Waals surface area (Å²) in [5, 5.41) is 12.5. The summed E-state index contributed by atoms with van der Waals surface area (Å²) < 4.78 is 12.1. The van der Waals surface area contributed by atoms with E-state index in [0.29, 0.717) is 34.4 Å². The highest BCUT2D eigenvalue weighted by atomic mass is 79.9. The number of hydrogen-bond donors (Lipinski definition) is 1. The van der Waals surface area contributed by atoms with Gasteiger partial charge in [-0.3, -0.25) is 4.79 Å². The number of nitrogens with zero attached hydrogens (tertiary/aromatic N) is 1. The molecule has 0 saturated heterocycles. The molecular formula is C24H18BrClN2O3. The number of methoxy groups -OCH3 is 1. The van der Waals surface area contributed by atoms with E-state index in [1.54, 1.807) is 30.3 Å². The van der Waals surface area contributed by atoms with Gasteiger partial charge in [-0.2, -0.15) is 5.26 Å². The van der Waals surface area contributed by atoms with Gasteiger partial charge in [0.2, 0.25) is 0 Å². The van der Waals surface area contributed by atoms with Crippen LogP contribution in [0.2, 0.25) is 5.02 Å². The van der Waals surface area contributed by atoms with Crippen molar-refractivity contribution < 1.29 is 14.3 Å². The summed E-state index contributed by atoms with van der Waals surface area (Å²) in [6.07, 6.45) is 1.45. The van der Waals surface area contributed by atoms with Crippen molar-refractivity contribution in [2.45, 2.75) is 6.61 Å². The zero-order chi connectivity index (χ0) is 22.2. The lowest BCUT2D eigenvalue weighted by atomic mass is 10.1. The maximum atomic E-state index is 12.5. The molecule has 0 bridgehead atoms. The Morgan fingerprint density at radius 2 is 1.94 bits per heavy atom. The summed E-state index contributed by atoms with van der Waals surface area (Å²) in [6.45, 7) is 0.324. The molecule has 7 heteroatoms. The van der Waals surface area contributed by atoms with Gasteiger partial charge in [-0.25, -0.2) is 0 Å². The maximum absolute atomic E-state index is 12.5. The number of anilines is 1. The molecule has 0 radical (unpaired) electrons. The lowest BCUT2D eigenvalue weighted by molar-refractivity contribution is -0.112. The summed E-state index contributed by atoms with van der Waals surface area (Å²) in [6, 6.07) is 22.0. The Labute approximate surface area is 194 Å². The SMILES string of the molecule is COc1cc(/C=C(/C#N)C(=O)Nc2cccc(Br)c2)cc(Cl)c1OCc1ccccc1. The van der Waals surface area contributed by atoms with Gasteiger partial charge >= 0.3 is 0 Å². The molecule has 0 aliphatic rings. The van der Waals surface area contributed by atoms with Gasteiger partial charge in [-0.1, -0.05) is 63.9 Å². The number of rotatable bonds is 7. The van der Waals surface area contributed by atoms with Crippen LogP contribution in [0.3, 0.4) is 0 Å². The second kappa shape index (κ2) is 10.7. The Bertz CT molecular complexity index is 1160. The van der Waals surface area contributed by atoms with E-state index in [4.69, 9.17) is 21.1 Å². The summed E-state index contributed by atoms with van der Waals surface area (Å²) in [5.41, 5.74) is 2.02. The molecular weight excluding hydrogens is 480 g/mol. The van der Waals surface area contributed by atoms with Gasteiger partial charge in [0.15, 0.2) is 11.5 Å². The summed E-state index contributed by atoms with van der Waals surface area (Å²) in [4.78, 5) is 12.5. The fourth-order valence-corrected chi connectivity index (χ4v) is 3.45. The number of carbonyl (C=O) groups excluding carboxylic acids is 1. The normalized spacial score (nSPS) is 10.8. The predicted molar refractivity (Wildman–Crippen MR) is 125 cm³/mol. The van der Waals surface area contributed by atoms with Crippen LogP contribution >= 0.6 is 27.5 Å². The summed E-state index contributed by atoms with van der Waals surface area (Å²) in [5.74, 6) is 0.265. The molecule has 0 heterocycles. The van der Waals surface area contributed by atoms with Gasteiger partial charge in [0.25, 0.3) is 5.91 Å². The Hall–Kier alpha value is -3.27. The van der Waals surface area contributed by atoms with Crippen LogP contribution in [-0.4, -0.2) is 13.0 Å². The Balaban J connectivity index is 1.82. The molecule has 1 N–H and O–H groups in total. The van der Waals surface area contributed by atoms with E-state index < -0.39 is 5.91 Å². The summed E-state index contributed by atoms with van der Waals surface area (Å²) >= 11 is 9.76. The first-order chi connectivity index (χ1) is 15.0. The fourth-order valence-electron chi connectivity index (χ4n) is 2.77. The molecule has 3 aromatic carbocycles. The third kappa shape index (κ3) is 6.11. The zero-order valence-corrected chi connectivity index (χ0v) is 18.9. The van der Waals surface area contributed by atoms with Crippen LogP contribution in [0.25, 0.3) is 6.08 Å². The Morgan fingerprint density at radius 1 is 1.16 bits per heavy atom. The number of nitrogens with one attached hydrogen (secondary N) is 1. The van der Waals surface area contributed by atoms with E-state index in [0.717, 1.165) is 10.0 Å². The first-order valence-corrected chi connectivity index (χ1v) is 10.4. The van der Waals surface area contributed by atoms with E-state index in [2.05, 4.69) is 21.2 Å². The molecule has 0 unspecified atom stereocenters. The molecule has 3 aromatic rings. The standard InChI is InChI=1S/C24H18BrClN2O3/c1-30-22-12-17(11-21(26)23(22)31-15-16-6-3-2-4-7-16)10-18(14-27)24(29)28-20-9-5-8-19(25)13-20/h2-13H,15H2,1H3,(H,28,29)/b18-10-. The molecule has 0 aromatic heterocycles. The van der Waals surface area contributed by atoms with Crippen molar-refractivity contribution in [1.82, 2.24) is 0 Å². The van der Waals surface area contributed by atoms with Gasteiger partial charge in [0.05, 0.1) is 12.1 Å². The number of nitriles is 1. The molecule has 0 atom stereocenters. The minimum Gasteiger partial charge on any atom is -0.493 e. The molecule has 3 rings (SSSR count). The lowest BCUT2D eigenvalue weighted by Gasteiger charge is -2.13.